The molecule has 3 aromatic rings. The van der Waals surface area contributed by atoms with Gasteiger partial charge in [0, 0.05) is 29.4 Å². The first kappa shape index (κ1) is 23.9. The number of nitrogens with one attached hydrogen (secondary N) is 1. The number of thiazole rings is 1. The number of unbranched alkanes of at least 4 members (excludes halogenated alkanes) is 3. The monoisotopic (exact) mass is 475 g/mol. The van der Waals surface area contributed by atoms with E-state index in [-0.39, 0.29) is 23.8 Å². The van der Waals surface area contributed by atoms with Crippen LogP contribution in [0.15, 0.2) is 31.8 Å². The van der Waals surface area contributed by atoms with Gasteiger partial charge in [-0.15, -0.1) is 11.3 Å². The van der Waals surface area contributed by atoms with E-state index in [0.29, 0.717) is 18.8 Å². The minimum absolute atomic E-state index is 0.0364. The third-order valence-corrected chi connectivity index (χ3v) is 6.78. The summed E-state index contributed by atoms with van der Waals surface area (Å²) in [5.41, 5.74) is 6.81. The van der Waals surface area contributed by atoms with Crippen LogP contribution in [0.25, 0.3) is 10.6 Å². The van der Waals surface area contributed by atoms with Crippen LogP contribution in [0, 0.1) is 0 Å². The van der Waals surface area contributed by atoms with Crippen LogP contribution in [0.3, 0.4) is 0 Å². The molecular formula is C22H29N5O3S2. The van der Waals surface area contributed by atoms with E-state index in [9.17, 15) is 14.4 Å². The molecule has 0 aromatic carbocycles. The summed E-state index contributed by atoms with van der Waals surface area (Å²) < 4.78 is 1.35. The number of hydrogen-bond acceptors (Lipinski definition) is 7. The van der Waals surface area contributed by atoms with Crippen LogP contribution in [0.1, 0.15) is 51.6 Å². The Kier molecular flexibility index (Phi) is 8.40. The predicted octanol–water partition coefficient (Wildman–Crippen LogP) is 3.87. The molecule has 0 aliphatic carbocycles. The molecule has 10 heteroatoms. The number of carbonyl (C=O) groups is 1. The van der Waals surface area contributed by atoms with Crippen molar-refractivity contribution < 1.29 is 4.79 Å². The quantitative estimate of drug-likeness (QED) is 0.409. The molecule has 0 spiro atoms. The summed E-state index contributed by atoms with van der Waals surface area (Å²) in [6.07, 6.45) is 4.28. The van der Waals surface area contributed by atoms with Crippen LogP contribution in [-0.2, 0) is 17.8 Å². The zero-order chi connectivity index (χ0) is 23.1. The van der Waals surface area contributed by atoms with Crippen LogP contribution < -0.4 is 21.9 Å². The van der Waals surface area contributed by atoms with Crippen LogP contribution in [0.4, 0.5) is 11.5 Å². The number of aromatic nitrogens is 3. The van der Waals surface area contributed by atoms with E-state index in [4.69, 9.17) is 5.73 Å². The van der Waals surface area contributed by atoms with Gasteiger partial charge >= 0.3 is 5.69 Å². The summed E-state index contributed by atoms with van der Waals surface area (Å²) in [6.45, 7) is 4.82. The highest BCUT2D eigenvalue weighted by atomic mass is 32.1. The normalized spacial score (nSPS) is 11.1. The van der Waals surface area contributed by atoms with Gasteiger partial charge in [0.15, 0.2) is 5.69 Å². The Morgan fingerprint density at radius 3 is 2.66 bits per heavy atom. The second kappa shape index (κ2) is 11.2. The first-order chi connectivity index (χ1) is 15.5. The van der Waals surface area contributed by atoms with Gasteiger partial charge in [-0.2, -0.15) is 11.3 Å². The van der Waals surface area contributed by atoms with E-state index in [1.54, 1.807) is 11.3 Å². The SMILES string of the molecule is CCCCCN(C(=O)Cc1csc(-c2ccsc2)n1)c1c(N)n(CCCC)c(=O)[nH]c1=O. The van der Waals surface area contributed by atoms with Gasteiger partial charge in [0.1, 0.15) is 10.8 Å². The molecule has 3 rings (SSSR count). The molecule has 0 atom stereocenters. The summed E-state index contributed by atoms with van der Waals surface area (Å²) in [5.74, 6) is -0.226. The maximum absolute atomic E-state index is 13.3. The summed E-state index contributed by atoms with van der Waals surface area (Å²) in [6, 6.07) is 1.99. The average Bonchev–Trinajstić information content (AvgIpc) is 3.44. The minimum Gasteiger partial charge on any atom is -0.383 e. The molecule has 0 fully saturated rings. The molecule has 0 aliphatic heterocycles. The Balaban J connectivity index is 1.92. The van der Waals surface area contributed by atoms with Gasteiger partial charge in [-0.25, -0.2) is 9.78 Å². The molecule has 0 bridgehead atoms. The molecule has 0 radical (unpaired) electrons. The molecule has 0 saturated carbocycles. The molecular weight excluding hydrogens is 446 g/mol. The van der Waals surface area contributed by atoms with Crippen molar-refractivity contribution in [1.82, 2.24) is 14.5 Å². The molecule has 3 N–H and O–H groups in total. The molecule has 0 aliphatic rings. The van der Waals surface area contributed by atoms with Gasteiger partial charge < -0.3 is 10.6 Å². The van der Waals surface area contributed by atoms with Crippen molar-refractivity contribution >= 4 is 40.1 Å². The highest BCUT2D eigenvalue weighted by Gasteiger charge is 2.24. The molecule has 3 aromatic heterocycles. The fraction of sp³-hybridized carbons (Fsp3) is 0.455. The van der Waals surface area contributed by atoms with E-state index in [0.717, 1.165) is 42.7 Å². The van der Waals surface area contributed by atoms with Crippen LogP contribution in [-0.4, -0.2) is 27.0 Å². The molecule has 3 heterocycles. The lowest BCUT2D eigenvalue weighted by molar-refractivity contribution is -0.118. The minimum atomic E-state index is -0.637. The molecule has 1 amide bonds. The predicted molar refractivity (Wildman–Crippen MR) is 132 cm³/mol. The Morgan fingerprint density at radius 1 is 1.19 bits per heavy atom. The fourth-order valence-corrected chi connectivity index (χ4v) is 4.95. The Labute approximate surface area is 194 Å². The smallest absolute Gasteiger partial charge is 0.330 e. The fourth-order valence-electron chi connectivity index (χ4n) is 3.41. The lowest BCUT2D eigenvalue weighted by atomic mass is 10.2. The number of H-pyrrole nitrogens is 1. The van der Waals surface area contributed by atoms with Gasteiger partial charge in [0.05, 0.1) is 12.1 Å². The Morgan fingerprint density at radius 2 is 1.97 bits per heavy atom. The van der Waals surface area contributed by atoms with E-state index < -0.39 is 11.2 Å². The number of hydrogen-bond donors (Lipinski definition) is 2. The van der Waals surface area contributed by atoms with Gasteiger partial charge in [-0.05, 0) is 24.3 Å². The molecule has 0 unspecified atom stereocenters. The molecule has 172 valence electrons. The standard InChI is InChI=1S/C22H29N5O3S2/c1-3-5-7-10-26(18-19(23)27(9-6-4-2)22(30)25-20(18)29)17(28)12-16-14-32-21(24-16)15-8-11-31-13-15/h8,11,13-14H,3-7,9-10,12,23H2,1-2H3,(H,25,29,30). The van der Waals surface area contributed by atoms with Crippen molar-refractivity contribution in [1.29, 1.82) is 0 Å². The number of thiophene rings is 1. The number of nitrogens with two attached hydrogens (primary N) is 1. The number of amides is 1. The summed E-state index contributed by atoms with van der Waals surface area (Å²) in [5, 5.41) is 6.73. The second-order valence-electron chi connectivity index (χ2n) is 7.58. The topological polar surface area (TPSA) is 114 Å². The van der Waals surface area contributed by atoms with Crippen LogP contribution >= 0.6 is 22.7 Å². The number of carbonyl (C=O) groups excluding carboxylic acids is 1. The third-order valence-electron chi connectivity index (χ3n) is 5.16. The number of rotatable bonds is 11. The molecule has 0 saturated heterocycles. The van der Waals surface area contributed by atoms with Crippen molar-refractivity contribution in [3.05, 3.63) is 48.7 Å². The lowest BCUT2D eigenvalue weighted by Gasteiger charge is -2.24. The summed E-state index contributed by atoms with van der Waals surface area (Å²) in [4.78, 5) is 46.7. The van der Waals surface area contributed by atoms with Crippen molar-refractivity contribution in [3.63, 3.8) is 0 Å². The largest absolute Gasteiger partial charge is 0.383 e. The van der Waals surface area contributed by atoms with Crippen molar-refractivity contribution in [2.75, 3.05) is 17.2 Å². The van der Waals surface area contributed by atoms with Crippen molar-refractivity contribution in [2.24, 2.45) is 0 Å². The maximum atomic E-state index is 13.3. The number of anilines is 2. The maximum Gasteiger partial charge on any atom is 0.330 e. The average molecular weight is 476 g/mol. The van der Waals surface area contributed by atoms with E-state index in [1.807, 2.05) is 29.1 Å². The number of nitrogens with zero attached hydrogens (tertiary/aromatic N) is 3. The third kappa shape index (κ3) is 5.55. The van der Waals surface area contributed by atoms with E-state index in [2.05, 4.69) is 16.9 Å². The Hall–Kier alpha value is -2.72. The second-order valence-corrected chi connectivity index (χ2v) is 9.22. The van der Waals surface area contributed by atoms with Gasteiger partial charge in [-0.1, -0.05) is 33.1 Å². The highest BCUT2D eigenvalue weighted by molar-refractivity contribution is 7.14. The summed E-state index contributed by atoms with van der Waals surface area (Å²) in [7, 11) is 0. The van der Waals surface area contributed by atoms with Crippen molar-refractivity contribution in [2.45, 2.75) is 58.9 Å². The van der Waals surface area contributed by atoms with E-state index in [1.165, 1.54) is 20.8 Å². The first-order valence-electron chi connectivity index (χ1n) is 10.9. The number of nitrogen functional groups attached to an aromatic ring is 1. The van der Waals surface area contributed by atoms with Crippen LogP contribution in [0.5, 0.6) is 0 Å². The lowest BCUT2D eigenvalue weighted by Crippen LogP contribution is -2.42. The van der Waals surface area contributed by atoms with Crippen LogP contribution in [0.2, 0.25) is 0 Å². The zero-order valence-electron chi connectivity index (χ0n) is 18.4. The van der Waals surface area contributed by atoms with E-state index >= 15 is 0 Å². The zero-order valence-corrected chi connectivity index (χ0v) is 20.1. The molecule has 8 nitrogen and oxygen atoms in total. The number of aromatic amines is 1. The highest BCUT2D eigenvalue weighted by Crippen LogP contribution is 2.26. The van der Waals surface area contributed by atoms with Gasteiger partial charge in [0.25, 0.3) is 5.56 Å². The molecule has 32 heavy (non-hydrogen) atoms. The van der Waals surface area contributed by atoms with Gasteiger partial charge in [-0.3, -0.25) is 19.1 Å². The first-order valence-corrected chi connectivity index (χ1v) is 12.7. The van der Waals surface area contributed by atoms with Crippen molar-refractivity contribution in [3.8, 4) is 10.6 Å². The van der Waals surface area contributed by atoms with Gasteiger partial charge in [0.2, 0.25) is 5.91 Å². The summed E-state index contributed by atoms with van der Waals surface area (Å²) >= 11 is 3.08. The Bertz CT molecular complexity index is 1150.